The van der Waals surface area contributed by atoms with Gasteiger partial charge in [0.25, 0.3) is 5.70 Å². The Morgan fingerprint density at radius 1 is 1.04 bits per heavy atom. The highest BCUT2D eigenvalue weighted by Crippen LogP contribution is 2.19. The molecular formula is C21H23N2O5+. The summed E-state index contributed by atoms with van der Waals surface area (Å²) >= 11 is 0. The van der Waals surface area contributed by atoms with Crippen LogP contribution in [0.5, 0.6) is 0 Å². The van der Waals surface area contributed by atoms with Crippen molar-refractivity contribution in [1.29, 1.82) is 0 Å². The first-order valence-electron chi connectivity index (χ1n) is 8.79. The second kappa shape index (κ2) is 9.91. The number of benzene rings is 1. The number of aliphatic hydroxyl groups excluding tert-OH is 1. The first-order chi connectivity index (χ1) is 13.5. The average molecular weight is 383 g/mol. The summed E-state index contributed by atoms with van der Waals surface area (Å²) in [6.45, 7) is 3.44. The highest BCUT2D eigenvalue weighted by atomic mass is 16.6. The molecule has 0 spiro atoms. The second-order valence-corrected chi connectivity index (χ2v) is 5.64. The van der Waals surface area contributed by atoms with E-state index in [4.69, 9.17) is 15.2 Å². The molecule has 0 fully saturated rings. The zero-order valence-electron chi connectivity index (χ0n) is 15.8. The summed E-state index contributed by atoms with van der Waals surface area (Å²) in [7, 11) is 0. The van der Waals surface area contributed by atoms with Gasteiger partial charge < -0.3 is 20.3 Å². The molecule has 0 aliphatic carbocycles. The highest BCUT2D eigenvalue weighted by Gasteiger charge is 2.26. The van der Waals surface area contributed by atoms with E-state index < -0.39 is 11.9 Å². The van der Waals surface area contributed by atoms with Gasteiger partial charge in [0, 0.05) is 17.7 Å². The van der Waals surface area contributed by atoms with Gasteiger partial charge in [0.1, 0.15) is 0 Å². The normalized spacial score (nSPS) is 11.2. The molecule has 7 heteroatoms. The lowest BCUT2D eigenvalue weighted by atomic mass is 10.1. The van der Waals surface area contributed by atoms with Crippen LogP contribution >= 0.6 is 0 Å². The standard InChI is InChI=1S/C21H22N2O5/c1-3-27-20(25)17(21(26)28-4-2)13-18(23-12-8-11-16(22)14-23)19(24)15-9-6-5-7-10-15/h5-14H,3-4,22H2,1-2H3/p+1. The van der Waals surface area contributed by atoms with Crippen LogP contribution in [0.1, 0.15) is 19.4 Å². The van der Waals surface area contributed by atoms with Crippen LogP contribution in [0.4, 0.5) is 5.69 Å². The lowest BCUT2D eigenvalue weighted by Crippen LogP contribution is -2.33. The molecule has 2 aromatic rings. The molecule has 1 aromatic carbocycles. The molecule has 2 rings (SSSR count). The summed E-state index contributed by atoms with van der Waals surface area (Å²) in [4.78, 5) is 24.6. The molecule has 28 heavy (non-hydrogen) atoms. The van der Waals surface area contributed by atoms with Crippen LogP contribution in [0.15, 0.2) is 66.5 Å². The van der Waals surface area contributed by atoms with Gasteiger partial charge in [0.05, 0.1) is 18.9 Å². The third-order valence-electron chi connectivity index (χ3n) is 3.66. The SMILES string of the molecule is CCOC(=O)C(=C/C(=C(/O)c1ccccc1)[n+]1cccc(N)c1)C(=O)OCC. The van der Waals surface area contributed by atoms with Crippen molar-refractivity contribution in [3.8, 4) is 0 Å². The predicted octanol–water partition coefficient (Wildman–Crippen LogP) is 2.49. The second-order valence-electron chi connectivity index (χ2n) is 5.64. The number of hydrogen-bond donors (Lipinski definition) is 2. The number of hydrogen-bond acceptors (Lipinski definition) is 6. The van der Waals surface area contributed by atoms with Crippen molar-refractivity contribution in [2.45, 2.75) is 13.8 Å². The lowest BCUT2D eigenvalue weighted by molar-refractivity contribution is -0.577. The number of nitrogen functional groups attached to an aromatic ring is 1. The predicted molar refractivity (Wildman–Crippen MR) is 105 cm³/mol. The zero-order chi connectivity index (χ0) is 20.5. The number of nitrogens with zero attached hydrogens (tertiary/aromatic N) is 1. The van der Waals surface area contributed by atoms with Crippen LogP contribution in [0, 0.1) is 0 Å². The van der Waals surface area contributed by atoms with Gasteiger partial charge in [0.15, 0.2) is 23.7 Å². The van der Waals surface area contributed by atoms with Gasteiger partial charge in [-0.2, -0.15) is 4.57 Å². The fraction of sp³-hybridized carbons (Fsp3) is 0.190. The first-order valence-corrected chi connectivity index (χ1v) is 8.79. The van der Waals surface area contributed by atoms with E-state index >= 15 is 0 Å². The van der Waals surface area contributed by atoms with E-state index in [-0.39, 0.29) is 30.2 Å². The van der Waals surface area contributed by atoms with Crippen molar-refractivity contribution in [1.82, 2.24) is 0 Å². The zero-order valence-corrected chi connectivity index (χ0v) is 15.8. The summed E-state index contributed by atoms with van der Waals surface area (Å²) in [6, 6.07) is 12.1. The number of aromatic nitrogens is 1. The van der Waals surface area contributed by atoms with Crippen molar-refractivity contribution < 1.29 is 28.7 Å². The van der Waals surface area contributed by atoms with Crippen LogP contribution in [0.25, 0.3) is 11.5 Å². The Bertz CT molecular complexity index is 884. The molecule has 7 nitrogen and oxygen atoms in total. The molecule has 0 atom stereocenters. The molecule has 0 unspecified atom stereocenters. The molecule has 0 saturated heterocycles. The minimum absolute atomic E-state index is 0.0880. The number of pyridine rings is 1. The minimum Gasteiger partial charge on any atom is -0.502 e. The number of carbonyl (C=O) groups excluding carboxylic acids is 2. The van der Waals surface area contributed by atoms with E-state index in [1.54, 1.807) is 62.6 Å². The molecule has 1 aromatic heterocycles. The average Bonchev–Trinajstić information content (AvgIpc) is 2.69. The number of rotatable bonds is 7. The highest BCUT2D eigenvalue weighted by molar-refractivity contribution is 6.15. The van der Waals surface area contributed by atoms with Crippen molar-refractivity contribution in [2.24, 2.45) is 0 Å². The van der Waals surface area contributed by atoms with Crippen molar-refractivity contribution >= 4 is 29.1 Å². The van der Waals surface area contributed by atoms with Gasteiger partial charge >= 0.3 is 11.9 Å². The maximum Gasteiger partial charge on any atom is 0.345 e. The Balaban J connectivity index is 2.70. The number of anilines is 1. The van der Waals surface area contributed by atoms with E-state index in [0.29, 0.717) is 11.3 Å². The Morgan fingerprint density at radius 2 is 1.64 bits per heavy atom. The van der Waals surface area contributed by atoms with Gasteiger partial charge in [-0.1, -0.05) is 30.3 Å². The van der Waals surface area contributed by atoms with E-state index in [9.17, 15) is 14.7 Å². The van der Waals surface area contributed by atoms with Crippen molar-refractivity contribution in [3.05, 3.63) is 72.1 Å². The monoisotopic (exact) mass is 383 g/mol. The number of carbonyl (C=O) groups is 2. The van der Waals surface area contributed by atoms with Crippen LogP contribution < -0.4 is 10.3 Å². The number of allylic oxidation sites excluding steroid dienone is 2. The lowest BCUT2D eigenvalue weighted by Gasteiger charge is -2.08. The Kier molecular flexibility index (Phi) is 7.33. The Morgan fingerprint density at radius 3 is 2.18 bits per heavy atom. The summed E-state index contributed by atoms with van der Waals surface area (Å²) in [5, 5.41) is 10.9. The molecule has 0 amide bonds. The van der Waals surface area contributed by atoms with Crippen molar-refractivity contribution in [2.75, 3.05) is 18.9 Å². The van der Waals surface area contributed by atoms with Crippen molar-refractivity contribution in [3.63, 3.8) is 0 Å². The topological polar surface area (TPSA) is 103 Å². The third kappa shape index (κ3) is 5.20. The fourth-order valence-corrected chi connectivity index (χ4v) is 2.41. The molecule has 0 aliphatic heterocycles. The molecule has 1 heterocycles. The van der Waals surface area contributed by atoms with E-state index in [0.717, 1.165) is 0 Å². The van der Waals surface area contributed by atoms with Crippen LogP contribution in [-0.4, -0.2) is 30.3 Å². The van der Waals surface area contributed by atoms with E-state index in [2.05, 4.69) is 0 Å². The molecule has 146 valence electrons. The molecule has 0 radical (unpaired) electrons. The number of aliphatic hydroxyl groups is 1. The van der Waals surface area contributed by atoms with Crippen LogP contribution in [0.2, 0.25) is 0 Å². The van der Waals surface area contributed by atoms with Gasteiger partial charge in [-0.15, -0.1) is 0 Å². The summed E-state index contributed by atoms with van der Waals surface area (Å²) in [6.07, 6.45) is 4.42. The van der Waals surface area contributed by atoms with Gasteiger partial charge in [-0.25, -0.2) is 9.59 Å². The maximum absolute atomic E-state index is 12.3. The summed E-state index contributed by atoms with van der Waals surface area (Å²) in [5.74, 6) is -1.84. The number of ether oxygens (including phenoxy) is 2. The van der Waals surface area contributed by atoms with E-state index in [1.807, 2.05) is 6.07 Å². The fourth-order valence-electron chi connectivity index (χ4n) is 2.41. The van der Waals surface area contributed by atoms with E-state index in [1.165, 1.54) is 10.6 Å². The number of nitrogens with two attached hydrogens (primary N) is 1. The minimum atomic E-state index is -0.844. The largest absolute Gasteiger partial charge is 0.502 e. The summed E-state index contributed by atoms with van der Waals surface area (Å²) < 4.78 is 11.5. The number of esters is 2. The summed E-state index contributed by atoms with van der Waals surface area (Å²) in [5.41, 5.74) is 6.61. The molecule has 0 saturated carbocycles. The molecular weight excluding hydrogens is 360 g/mol. The van der Waals surface area contributed by atoms with Gasteiger partial charge in [-0.05, 0) is 19.9 Å². The smallest absolute Gasteiger partial charge is 0.345 e. The maximum atomic E-state index is 12.3. The Hall–Kier alpha value is -3.61. The third-order valence-corrected chi connectivity index (χ3v) is 3.66. The van der Waals surface area contributed by atoms with Gasteiger partial charge in [-0.3, -0.25) is 0 Å². The molecule has 3 N–H and O–H groups in total. The first kappa shape index (κ1) is 20.7. The molecule has 0 aliphatic rings. The molecule has 0 bridgehead atoms. The van der Waals surface area contributed by atoms with Gasteiger partial charge in [0.2, 0.25) is 0 Å². The Labute approximate surface area is 163 Å². The quantitative estimate of drug-likeness (QED) is 0.145. The van der Waals surface area contributed by atoms with Crippen LogP contribution in [0.3, 0.4) is 0 Å². The van der Waals surface area contributed by atoms with Crippen LogP contribution in [-0.2, 0) is 19.1 Å².